The van der Waals surface area contributed by atoms with Crippen molar-refractivity contribution >= 4 is 11.9 Å². The number of amides is 1. The van der Waals surface area contributed by atoms with E-state index in [2.05, 4.69) is 0 Å². The Morgan fingerprint density at radius 3 is 2.23 bits per heavy atom. The van der Waals surface area contributed by atoms with Crippen molar-refractivity contribution in [2.45, 2.75) is 27.2 Å². The molecular formula is C18H19NO3. The lowest BCUT2D eigenvalue weighted by Gasteiger charge is -2.11. The first-order chi connectivity index (χ1) is 10.4. The maximum absolute atomic E-state index is 12.5. The van der Waals surface area contributed by atoms with Crippen LogP contribution in [0.2, 0.25) is 0 Å². The maximum atomic E-state index is 12.5. The molecule has 0 atom stereocenters. The summed E-state index contributed by atoms with van der Waals surface area (Å²) in [5, 5.41) is 0. The highest BCUT2D eigenvalue weighted by Gasteiger charge is 2.14. The van der Waals surface area contributed by atoms with Gasteiger partial charge in [-0.1, -0.05) is 29.8 Å². The highest BCUT2D eigenvalue weighted by Crippen LogP contribution is 2.24. The minimum Gasteiger partial charge on any atom is -0.410 e. The van der Waals surface area contributed by atoms with Crippen LogP contribution in [0.15, 0.2) is 36.4 Å². The number of primary amides is 1. The molecule has 2 aromatic rings. The van der Waals surface area contributed by atoms with E-state index in [0.717, 1.165) is 16.7 Å². The van der Waals surface area contributed by atoms with Crippen LogP contribution in [0.25, 0.3) is 0 Å². The topological polar surface area (TPSA) is 69.4 Å². The van der Waals surface area contributed by atoms with Crippen LogP contribution in [0.1, 0.15) is 32.6 Å². The number of nitrogens with two attached hydrogens (primary N) is 1. The molecule has 4 nitrogen and oxygen atoms in total. The molecule has 0 aromatic heterocycles. The SMILES string of the molecule is Cc1ccc(CC(=O)c2cc(C)c(OC(N)=O)cc2C)cc1. The van der Waals surface area contributed by atoms with E-state index in [-0.39, 0.29) is 5.78 Å². The molecular weight excluding hydrogens is 278 g/mol. The molecule has 0 saturated heterocycles. The summed E-state index contributed by atoms with van der Waals surface area (Å²) in [6.45, 7) is 5.60. The average Bonchev–Trinajstić information content (AvgIpc) is 2.44. The van der Waals surface area contributed by atoms with Crippen LogP contribution in [-0.4, -0.2) is 11.9 Å². The number of aryl methyl sites for hydroxylation is 3. The Bertz CT molecular complexity index is 718. The molecule has 0 aliphatic rings. The summed E-state index contributed by atoms with van der Waals surface area (Å²) in [5.41, 5.74) is 9.27. The van der Waals surface area contributed by atoms with E-state index in [1.165, 1.54) is 0 Å². The Morgan fingerprint density at radius 1 is 1.00 bits per heavy atom. The van der Waals surface area contributed by atoms with Crippen molar-refractivity contribution in [3.8, 4) is 5.75 Å². The molecule has 0 spiro atoms. The molecule has 0 saturated carbocycles. The third-order valence-corrected chi connectivity index (χ3v) is 3.52. The van der Waals surface area contributed by atoms with E-state index in [9.17, 15) is 9.59 Å². The molecule has 2 aromatic carbocycles. The van der Waals surface area contributed by atoms with Crippen molar-refractivity contribution in [1.82, 2.24) is 0 Å². The van der Waals surface area contributed by atoms with Gasteiger partial charge in [0.25, 0.3) is 0 Å². The fraction of sp³-hybridized carbons (Fsp3) is 0.222. The molecule has 4 heteroatoms. The van der Waals surface area contributed by atoms with Crippen LogP contribution >= 0.6 is 0 Å². The second-order valence-electron chi connectivity index (χ2n) is 5.44. The van der Waals surface area contributed by atoms with E-state index < -0.39 is 6.09 Å². The molecule has 0 bridgehead atoms. The maximum Gasteiger partial charge on any atom is 0.409 e. The molecule has 0 unspecified atom stereocenters. The highest BCUT2D eigenvalue weighted by atomic mass is 16.5. The number of benzene rings is 2. The van der Waals surface area contributed by atoms with Crippen molar-refractivity contribution in [3.05, 3.63) is 64.2 Å². The van der Waals surface area contributed by atoms with Gasteiger partial charge in [0.1, 0.15) is 5.75 Å². The minimum absolute atomic E-state index is 0.0371. The fourth-order valence-corrected chi connectivity index (χ4v) is 2.29. The molecule has 22 heavy (non-hydrogen) atoms. The number of Topliss-reactive ketones (excluding diaryl/α,β-unsaturated/α-hetero) is 1. The lowest BCUT2D eigenvalue weighted by Crippen LogP contribution is -2.17. The lowest BCUT2D eigenvalue weighted by atomic mass is 9.96. The molecule has 2 rings (SSSR count). The van der Waals surface area contributed by atoms with Crippen LogP contribution < -0.4 is 10.5 Å². The number of hydrogen-bond acceptors (Lipinski definition) is 3. The van der Waals surface area contributed by atoms with Gasteiger partial charge in [0.15, 0.2) is 5.78 Å². The van der Waals surface area contributed by atoms with Crippen molar-refractivity contribution in [3.63, 3.8) is 0 Å². The zero-order valence-corrected chi connectivity index (χ0v) is 13.0. The fourth-order valence-electron chi connectivity index (χ4n) is 2.29. The van der Waals surface area contributed by atoms with Crippen LogP contribution in [0, 0.1) is 20.8 Å². The summed E-state index contributed by atoms with van der Waals surface area (Å²) in [4.78, 5) is 23.3. The Labute approximate surface area is 129 Å². The lowest BCUT2D eigenvalue weighted by molar-refractivity contribution is 0.0992. The van der Waals surface area contributed by atoms with E-state index >= 15 is 0 Å². The van der Waals surface area contributed by atoms with Gasteiger partial charge in [-0.15, -0.1) is 0 Å². The van der Waals surface area contributed by atoms with Crippen molar-refractivity contribution in [2.24, 2.45) is 5.73 Å². The van der Waals surface area contributed by atoms with E-state index in [0.29, 0.717) is 23.3 Å². The van der Waals surface area contributed by atoms with Crippen LogP contribution in [0.3, 0.4) is 0 Å². The molecule has 1 amide bonds. The Kier molecular flexibility index (Phi) is 4.61. The van der Waals surface area contributed by atoms with Gasteiger partial charge in [0.05, 0.1) is 0 Å². The number of ether oxygens (including phenoxy) is 1. The van der Waals surface area contributed by atoms with Crippen molar-refractivity contribution in [2.75, 3.05) is 0 Å². The van der Waals surface area contributed by atoms with E-state index in [4.69, 9.17) is 10.5 Å². The first-order valence-corrected chi connectivity index (χ1v) is 7.04. The molecule has 0 aliphatic carbocycles. The van der Waals surface area contributed by atoms with E-state index in [1.54, 1.807) is 19.1 Å². The second kappa shape index (κ2) is 6.43. The van der Waals surface area contributed by atoms with Gasteiger partial charge < -0.3 is 10.5 Å². The zero-order valence-electron chi connectivity index (χ0n) is 13.0. The van der Waals surface area contributed by atoms with E-state index in [1.807, 2.05) is 38.1 Å². The molecule has 0 aliphatic heterocycles. The zero-order chi connectivity index (χ0) is 16.3. The summed E-state index contributed by atoms with van der Waals surface area (Å²) in [6.07, 6.45) is -0.516. The summed E-state index contributed by atoms with van der Waals surface area (Å²) in [5.74, 6) is 0.423. The third-order valence-electron chi connectivity index (χ3n) is 3.52. The van der Waals surface area contributed by atoms with Gasteiger partial charge in [-0.05, 0) is 49.6 Å². The predicted octanol–water partition coefficient (Wildman–Crippen LogP) is 3.49. The van der Waals surface area contributed by atoms with Gasteiger partial charge in [0.2, 0.25) is 0 Å². The predicted molar refractivity (Wildman–Crippen MR) is 85.3 cm³/mol. The van der Waals surface area contributed by atoms with Crippen LogP contribution in [0.5, 0.6) is 5.75 Å². The average molecular weight is 297 g/mol. The minimum atomic E-state index is -0.860. The summed E-state index contributed by atoms with van der Waals surface area (Å²) in [6, 6.07) is 11.3. The Hall–Kier alpha value is -2.62. The van der Waals surface area contributed by atoms with Gasteiger partial charge >= 0.3 is 6.09 Å². The normalized spacial score (nSPS) is 10.3. The molecule has 114 valence electrons. The Balaban J connectivity index is 2.24. The van der Waals surface area contributed by atoms with Gasteiger partial charge in [-0.2, -0.15) is 0 Å². The molecule has 0 radical (unpaired) electrons. The smallest absolute Gasteiger partial charge is 0.409 e. The number of carbonyl (C=O) groups is 2. The monoisotopic (exact) mass is 297 g/mol. The molecule has 2 N–H and O–H groups in total. The van der Waals surface area contributed by atoms with Crippen molar-refractivity contribution < 1.29 is 14.3 Å². The largest absolute Gasteiger partial charge is 0.410 e. The van der Waals surface area contributed by atoms with Gasteiger partial charge in [-0.3, -0.25) is 4.79 Å². The van der Waals surface area contributed by atoms with Crippen LogP contribution in [0.4, 0.5) is 4.79 Å². The third kappa shape index (κ3) is 3.73. The number of rotatable bonds is 4. The molecule has 0 fully saturated rings. The Morgan fingerprint density at radius 2 is 1.64 bits per heavy atom. The van der Waals surface area contributed by atoms with Gasteiger partial charge in [0, 0.05) is 12.0 Å². The summed E-state index contributed by atoms with van der Waals surface area (Å²) in [7, 11) is 0. The number of ketones is 1. The number of carbonyl (C=O) groups excluding carboxylic acids is 2. The van der Waals surface area contributed by atoms with Gasteiger partial charge in [-0.25, -0.2) is 4.79 Å². The first-order valence-electron chi connectivity index (χ1n) is 7.04. The summed E-state index contributed by atoms with van der Waals surface area (Å²) < 4.78 is 4.92. The summed E-state index contributed by atoms with van der Waals surface area (Å²) >= 11 is 0. The molecule has 0 heterocycles. The highest BCUT2D eigenvalue weighted by molar-refractivity contribution is 5.99. The number of hydrogen-bond donors (Lipinski definition) is 1. The first kappa shape index (κ1) is 15.8. The standard InChI is InChI=1S/C18H19NO3/c1-11-4-6-14(7-5-11)10-16(20)15-8-13(3)17(9-12(15)2)22-18(19)21/h4-9H,10H2,1-3H3,(H2,19,21). The second-order valence-corrected chi connectivity index (χ2v) is 5.44. The quantitative estimate of drug-likeness (QED) is 0.878. The van der Waals surface area contributed by atoms with Crippen molar-refractivity contribution in [1.29, 1.82) is 0 Å². The van der Waals surface area contributed by atoms with Crippen LogP contribution in [-0.2, 0) is 6.42 Å².